The average Bonchev–Trinajstić information content (AvgIpc) is 3.23. The summed E-state index contributed by atoms with van der Waals surface area (Å²) in [6.07, 6.45) is 2.56. The van der Waals surface area contributed by atoms with E-state index in [2.05, 4.69) is 16.3 Å². The Balaban J connectivity index is 1.48. The minimum absolute atomic E-state index is 0.121. The van der Waals surface area contributed by atoms with Gasteiger partial charge in [0.15, 0.2) is 0 Å². The fourth-order valence-corrected chi connectivity index (χ4v) is 3.98. The Hall–Kier alpha value is -2.17. The molecule has 0 saturated carbocycles. The monoisotopic (exact) mass is 336 g/mol. The third kappa shape index (κ3) is 3.46. The minimum atomic E-state index is -0.561. The number of hydrogen-bond donors (Lipinski definition) is 2. The fourth-order valence-electron chi connectivity index (χ4n) is 3.98. The summed E-state index contributed by atoms with van der Waals surface area (Å²) in [5.74, 6) is -0.121. The highest BCUT2D eigenvalue weighted by molar-refractivity contribution is 5.94. The molecular weight excluding hydrogens is 312 g/mol. The first-order valence-electron chi connectivity index (χ1n) is 9.09. The third-order valence-corrected chi connectivity index (χ3v) is 5.28. The predicted molar refractivity (Wildman–Crippen MR) is 97.3 cm³/mol. The number of likely N-dealkylation sites (tertiary alicyclic amines) is 1. The first-order valence-corrected chi connectivity index (χ1v) is 9.09. The number of carbonyl (C=O) groups excluding carboxylic acids is 1. The van der Waals surface area contributed by atoms with Crippen molar-refractivity contribution in [3.8, 4) is 0 Å². The second kappa shape index (κ2) is 6.98. The molecule has 2 atom stereocenters. The van der Waals surface area contributed by atoms with Crippen molar-refractivity contribution in [2.24, 2.45) is 0 Å². The second-order valence-corrected chi connectivity index (χ2v) is 7.11. The van der Waals surface area contributed by atoms with Crippen LogP contribution in [0.3, 0.4) is 0 Å². The molecule has 4 nitrogen and oxygen atoms in total. The molecule has 0 radical (unpaired) electrons. The molecule has 0 aromatic heterocycles. The summed E-state index contributed by atoms with van der Waals surface area (Å²) < 4.78 is 0. The van der Waals surface area contributed by atoms with Gasteiger partial charge in [0.2, 0.25) is 0 Å². The van der Waals surface area contributed by atoms with Crippen LogP contribution in [0.4, 0.5) is 0 Å². The molecule has 25 heavy (non-hydrogen) atoms. The van der Waals surface area contributed by atoms with E-state index in [0.717, 1.165) is 30.8 Å². The maximum absolute atomic E-state index is 12.7. The Morgan fingerprint density at radius 2 is 1.92 bits per heavy atom. The fraction of sp³-hybridized carbons (Fsp3) is 0.381. The number of aliphatic hydroxyl groups is 1. The quantitative estimate of drug-likeness (QED) is 0.902. The minimum Gasteiger partial charge on any atom is -0.390 e. The molecular formula is C21H24N2O2. The Morgan fingerprint density at radius 3 is 2.76 bits per heavy atom. The number of nitrogens with zero attached hydrogens (tertiary/aromatic N) is 1. The summed E-state index contributed by atoms with van der Waals surface area (Å²) in [5, 5.41) is 13.3. The van der Waals surface area contributed by atoms with Crippen molar-refractivity contribution in [3.05, 3.63) is 70.8 Å². The molecule has 0 spiro atoms. The van der Waals surface area contributed by atoms with Crippen molar-refractivity contribution in [2.45, 2.75) is 38.0 Å². The van der Waals surface area contributed by atoms with Crippen LogP contribution in [0.1, 0.15) is 45.9 Å². The normalized spacial score (nSPS) is 22.8. The Morgan fingerprint density at radius 1 is 1.12 bits per heavy atom. The zero-order valence-corrected chi connectivity index (χ0v) is 14.3. The first kappa shape index (κ1) is 16.3. The van der Waals surface area contributed by atoms with E-state index in [0.29, 0.717) is 12.0 Å². The Labute approximate surface area is 148 Å². The van der Waals surface area contributed by atoms with E-state index in [1.165, 1.54) is 18.4 Å². The smallest absolute Gasteiger partial charge is 0.251 e. The molecule has 2 aromatic carbocycles. The van der Waals surface area contributed by atoms with E-state index >= 15 is 0 Å². The van der Waals surface area contributed by atoms with Crippen molar-refractivity contribution in [1.29, 1.82) is 0 Å². The van der Waals surface area contributed by atoms with Crippen LogP contribution >= 0.6 is 0 Å². The molecule has 1 heterocycles. The van der Waals surface area contributed by atoms with Crippen LogP contribution in [0, 0.1) is 0 Å². The summed E-state index contributed by atoms with van der Waals surface area (Å²) in [6, 6.07) is 15.4. The van der Waals surface area contributed by atoms with Crippen molar-refractivity contribution in [3.63, 3.8) is 0 Å². The summed E-state index contributed by atoms with van der Waals surface area (Å²) in [4.78, 5) is 15.1. The van der Waals surface area contributed by atoms with E-state index < -0.39 is 6.10 Å². The van der Waals surface area contributed by atoms with Gasteiger partial charge in [-0.05, 0) is 54.8 Å². The molecule has 1 aliphatic carbocycles. The molecule has 2 aliphatic rings. The molecule has 1 fully saturated rings. The van der Waals surface area contributed by atoms with Crippen LogP contribution in [0.15, 0.2) is 48.5 Å². The van der Waals surface area contributed by atoms with Gasteiger partial charge in [0.25, 0.3) is 5.91 Å². The highest BCUT2D eigenvalue weighted by Gasteiger charge is 2.32. The first-order chi connectivity index (χ1) is 12.2. The van der Waals surface area contributed by atoms with Crippen molar-refractivity contribution < 1.29 is 9.90 Å². The second-order valence-electron chi connectivity index (χ2n) is 7.11. The topological polar surface area (TPSA) is 52.6 Å². The average molecular weight is 336 g/mol. The predicted octanol–water partition coefficient (Wildman–Crippen LogP) is 2.67. The van der Waals surface area contributed by atoms with Gasteiger partial charge in [-0.3, -0.25) is 9.69 Å². The summed E-state index contributed by atoms with van der Waals surface area (Å²) in [5.41, 5.74) is 3.97. The zero-order chi connectivity index (χ0) is 17.2. The van der Waals surface area contributed by atoms with Gasteiger partial charge >= 0.3 is 0 Å². The van der Waals surface area contributed by atoms with E-state index in [1.54, 1.807) is 0 Å². The lowest BCUT2D eigenvalue weighted by Crippen LogP contribution is -2.34. The number of fused-ring (bicyclic) bond motifs is 1. The highest BCUT2D eigenvalue weighted by Crippen LogP contribution is 2.31. The molecule has 2 unspecified atom stereocenters. The number of amides is 1. The van der Waals surface area contributed by atoms with Crippen LogP contribution in [0.25, 0.3) is 0 Å². The number of aliphatic hydroxyl groups excluding tert-OH is 1. The number of carbonyl (C=O) groups is 1. The molecule has 2 N–H and O–H groups in total. The van der Waals surface area contributed by atoms with Crippen molar-refractivity contribution in [2.75, 3.05) is 13.1 Å². The van der Waals surface area contributed by atoms with Gasteiger partial charge in [-0.25, -0.2) is 0 Å². The van der Waals surface area contributed by atoms with Crippen LogP contribution in [-0.4, -0.2) is 35.1 Å². The number of benzene rings is 2. The Kier molecular flexibility index (Phi) is 4.55. The van der Waals surface area contributed by atoms with Crippen molar-refractivity contribution >= 4 is 5.91 Å². The standard InChI is InChI=1S/C21H24N2O2/c24-19-13-16-7-1-2-9-18(16)20(19)22-21(25)17-8-5-6-15(12-17)14-23-10-3-4-11-23/h1-2,5-9,12,19-20,24H,3-4,10-11,13-14H2,(H,22,25). The molecule has 0 bridgehead atoms. The molecule has 2 aromatic rings. The molecule has 1 aliphatic heterocycles. The van der Waals surface area contributed by atoms with Gasteiger partial charge in [0, 0.05) is 18.5 Å². The van der Waals surface area contributed by atoms with Gasteiger partial charge in [0.05, 0.1) is 12.1 Å². The molecule has 4 rings (SSSR count). The number of rotatable bonds is 4. The molecule has 130 valence electrons. The van der Waals surface area contributed by atoms with Crippen LogP contribution in [-0.2, 0) is 13.0 Å². The maximum Gasteiger partial charge on any atom is 0.251 e. The van der Waals surface area contributed by atoms with Gasteiger partial charge in [-0.15, -0.1) is 0 Å². The lowest BCUT2D eigenvalue weighted by atomic mass is 10.1. The van der Waals surface area contributed by atoms with E-state index in [4.69, 9.17) is 0 Å². The lowest BCUT2D eigenvalue weighted by Gasteiger charge is -2.19. The highest BCUT2D eigenvalue weighted by atomic mass is 16.3. The summed E-state index contributed by atoms with van der Waals surface area (Å²) in [6.45, 7) is 3.18. The van der Waals surface area contributed by atoms with Crippen molar-refractivity contribution in [1.82, 2.24) is 10.2 Å². The molecule has 4 heteroatoms. The van der Waals surface area contributed by atoms with Crippen LogP contribution in [0.2, 0.25) is 0 Å². The van der Waals surface area contributed by atoms with Gasteiger partial charge < -0.3 is 10.4 Å². The largest absolute Gasteiger partial charge is 0.390 e. The maximum atomic E-state index is 12.7. The number of nitrogens with one attached hydrogen (secondary N) is 1. The third-order valence-electron chi connectivity index (χ3n) is 5.28. The van der Waals surface area contributed by atoms with Crippen LogP contribution < -0.4 is 5.32 Å². The SMILES string of the molecule is O=C(NC1c2ccccc2CC1O)c1cccc(CN2CCCC2)c1. The lowest BCUT2D eigenvalue weighted by molar-refractivity contribution is 0.0858. The molecule has 1 amide bonds. The summed E-state index contributed by atoms with van der Waals surface area (Å²) >= 11 is 0. The van der Waals surface area contributed by atoms with Gasteiger partial charge in [-0.1, -0.05) is 36.4 Å². The van der Waals surface area contributed by atoms with E-state index in [9.17, 15) is 9.90 Å². The zero-order valence-electron chi connectivity index (χ0n) is 14.3. The number of hydrogen-bond acceptors (Lipinski definition) is 3. The van der Waals surface area contributed by atoms with E-state index in [-0.39, 0.29) is 11.9 Å². The molecule has 1 saturated heterocycles. The van der Waals surface area contributed by atoms with Gasteiger partial charge in [0.1, 0.15) is 0 Å². The Bertz CT molecular complexity index is 768. The van der Waals surface area contributed by atoms with Gasteiger partial charge in [-0.2, -0.15) is 0 Å². The summed E-state index contributed by atoms with van der Waals surface area (Å²) in [7, 11) is 0. The van der Waals surface area contributed by atoms with Crippen LogP contribution in [0.5, 0.6) is 0 Å². The van der Waals surface area contributed by atoms with E-state index in [1.807, 2.05) is 42.5 Å².